The van der Waals surface area contributed by atoms with E-state index in [0.29, 0.717) is 6.61 Å². The van der Waals surface area contributed by atoms with Crippen molar-refractivity contribution in [1.82, 2.24) is 5.32 Å². The summed E-state index contributed by atoms with van der Waals surface area (Å²) in [6, 6.07) is 3.59. The van der Waals surface area contributed by atoms with Crippen molar-refractivity contribution in [3.63, 3.8) is 0 Å². The van der Waals surface area contributed by atoms with Crippen LogP contribution in [0.5, 0.6) is 5.75 Å². The Kier molecular flexibility index (Phi) is 4.94. The Balaban J connectivity index is 2.13. The van der Waals surface area contributed by atoms with Gasteiger partial charge >= 0.3 is 0 Å². The van der Waals surface area contributed by atoms with Crippen LogP contribution in [0, 0.1) is 5.41 Å². The van der Waals surface area contributed by atoms with E-state index in [9.17, 15) is 4.79 Å². The third-order valence-electron chi connectivity index (χ3n) is 3.45. The van der Waals surface area contributed by atoms with Gasteiger partial charge in [0.25, 0.3) is 0 Å². The molecule has 1 aromatic carbocycles. The molecule has 2 N–H and O–H groups in total. The van der Waals surface area contributed by atoms with Crippen LogP contribution in [-0.2, 0) is 4.79 Å². The number of likely N-dealkylation sites (N-methyl/N-ethyl adjacent to an activating group) is 1. The van der Waals surface area contributed by atoms with Crippen molar-refractivity contribution in [1.29, 1.82) is 0 Å². The smallest absolute Gasteiger partial charge is 0.246 e. The third kappa shape index (κ3) is 3.98. The first-order valence-corrected chi connectivity index (χ1v) is 8.11. The molecule has 0 saturated heterocycles. The zero-order valence-electron chi connectivity index (χ0n) is 13.0. The van der Waals surface area contributed by atoms with Crippen LogP contribution in [0.3, 0.4) is 0 Å². The molecular formula is C16H23BrN2O2. The van der Waals surface area contributed by atoms with Crippen LogP contribution in [0.25, 0.3) is 0 Å². The summed E-state index contributed by atoms with van der Waals surface area (Å²) in [6.07, 6.45) is 0.975. The van der Waals surface area contributed by atoms with E-state index >= 15 is 0 Å². The molecule has 0 aliphatic carbocycles. The molecule has 0 spiro atoms. The van der Waals surface area contributed by atoms with Crippen molar-refractivity contribution < 1.29 is 9.53 Å². The van der Waals surface area contributed by atoms with Gasteiger partial charge in [0.2, 0.25) is 5.91 Å². The summed E-state index contributed by atoms with van der Waals surface area (Å²) in [6.45, 7) is 9.97. The van der Waals surface area contributed by atoms with Gasteiger partial charge in [0.1, 0.15) is 11.8 Å². The Bertz CT molecular complexity index is 538. The number of carbonyl (C=O) groups excluding carboxylic acids is 1. The summed E-state index contributed by atoms with van der Waals surface area (Å²) in [5, 5.41) is 6.09. The van der Waals surface area contributed by atoms with Gasteiger partial charge in [0, 0.05) is 17.3 Å². The number of carbonyl (C=O) groups is 1. The van der Waals surface area contributed by atoms with Crippen LogP contribution >= 0.6 is 15.9 Å². The minimum atomic E-state index is -0.273. The van der Waals surface area contributed by atoms with Gasteiger partial charge in [-0.1, -0.05) is 27.7 Å². The van der Waals surface area contributed by atoms with E-state index in [2.05, 4.69) is 47.3 Å². The summed E-state index contributed by atoms with van der Waals surface area (Å²) in [5.41, 5.74) is 2.05. The average molecular weight is 355 g/mol. The highest BCUT2D eigenvalue weighted by atomic mass is 79.9. The lowest BCUT2D eigenvalue weighted by Crippen LogP contribution is -2.27. The minimum Gasteiger partial charge on any atom is -0.492 e. The molecule has 4 nitrogen and oxygen atoms in total. The van der Waals surface area contributed by atoms with Crippen LogP contribution in [-0.4, -0.2) is 19.1 Å². The molecular weight excluding hydrogens is 332 g/mol. The van der Waals surface area contributed by atoms with E-state index in [1.54, 1.807) is 0 Å². The van der Waals surface area contributed by atoms with Gasteiger partial charge in [-0.2, -0.15) is 0 Å². The molecule has 0 bridgehead atoms. The number of nitrogens with one attached hydrogen (secondary N) is 2. The van der Waals surface area contributed by atoms with E-state index in [-0.39, 0.29) is 17.4 Å². The van der Waals surface area contributed by atoms with Crippen LogP contribution in [0.4, 0.5) is 5.69 Å². The maximum Gasteiger partial charge on any atom is 0.246 e. The van der Waals surface area contributed by atoms with Crippen molar-refractivity contribution in [2.24, 2.45) is 5.41 Å². The molecule has 0 radical (unpaired) electrons. The van der Waals surface area contributed by atoms with Crippen molar-refractivity contribution in [3.05, 3.63) is 22.2 Å². The average Bonchev–Trinajstić information content (AvgIpc) is 2.65. The van der Waals surface area contributed by atoms with Gasteiger partial charge < -0.3 is 15.4 Å². The second kappa shape index (κ2) is 6.36. The normalized spacial score (nSPS) is 17.6. The number of ether oxygens (including phenoxy) is 1. The lowest BCUT2D eigenvalue weighted by molar-refractivity contribution is -0.117. The molecule has 1 atom stereocenters. The van der Waals surface area contributed by atoms with Crippen molar-refractivity contribution in [2.75, 3.05) is 18.5 Å². The van der Waals surface area contributed by atoms with Crippen LogP contribution in [0.2, 0.25) is 0 Å². The Morgan fingerprint density at radius 3 is 2.71 bits per heavy atom. The third-order valence-corrected chi connectivity index (χ3v) is 4.07. The highest BCUT2D eigenvalue weighted by molar-refractivity contribution is 9.10. The van der Waals surface area contributed by atoms with Crippen molar-refractivity contribution >= 4 is 27.5 Å². The standard InChI is InChI=1S/C16H23BrN2O2/c1-5-18-14-10-8-11(17)13(9-12(10)19-15(14)20)21-7-6-16(2,3)4/h8-9,14,18H,5-7H2,1-4H3,(H,19,20). The predicted molar refractivity (Wildman–Crippen MR) is 88.8 cm³/mol. The molecule has 1 unspecified atom stereocenters. The predicted octanol–water partition coefficient (Wildman–Crippen LogP) is 3.87. The van der Waals surface area contributed by atoms with Gasteiger partial charge in [-0.15, -0.1) is 0 Å². The minimum absolute atomic E-state index is 0.00871. The Labute approximate surface area is 134 Å². The summed E-state index contributed by atoms with van der Waals surface area (Å²) in [4.78, 5) is 12.0. The van der Waals surface area contributed by atoms with Crippen molar-refractivity contribution in [3.8, 4) is 5.75 Å². The quantitative estimate of drug-likeness (QED) is 0.843. The van der Waals surface area contributed by atoms with E-state index in [4.69, 9.17) is 4.74 Å². The Morgan fingerprint density at radius 1 is 1.38 bits per heavy atom. The summed E-state index contributed by atoms with van der Waals surface area (Å²) in [7, 11) is 0. The summed E-state index contributed by atoms with van der Waals surface area (Å²) in [5.74, 6) is 0.765. The highest BCUT2D eigenvalue weighted by Crippen LogP contribution is 2.38. The molecule has 0 fully saturated rings. The lowest BCUT2D eigenvalue weighted by atomic mass is 9.93. The van der Waals surface area contributed by atoms with E-state index in [1.165, 1.54) is 0 Å². The van der Waals surface area contributed by atoms with Gasteiger partial charge in [-0.05, 0) is 40.4 Å². The number of hydrogen-bond acceptors (Lipinski definition) is 3. The number of amides is 1. The molecule has 1 amide bonds. The fourth-order valence-electron chi connectivity index (χ4n) is 2.25. The van der Waals surface area contributed by atoms with E-state index in [1.807, 2.05) is 19.1 Å². The monoisotopic (exact) mass is 354 g/mol. The molecule has 2 rings (SSSR count). The summed E-state index contributed by atoms with van der Waals surface area (Å²) < 4.78 is 6.73. The van der Waals surface area contributed by atoms with Gasteiger partial charge in [-0.3, -0.25) is 4.79 Å². The molecule has 1 aliphatic rings. The SMILES string of the molecule is CCNC1C(=O)Nc2cc(OCCC(C)(C)C)c(Br)cc21. The second-order valence-corrected chi connectivity index (χ2v) is 7.36. The fourth-order valence-corrected chi connectivity index (χ4v) is 2.72. The molecule has 21 heavy (non-hydrogen) atoms. The van der Waals surface area contributed by atoms with Gasteiger partial charge in [0.05, 0.1) is 11.1 Å². The highest BCUT2D eigenvalue weighted by Gasteiger charge is 2.30. The summed E-state index contributed by atoms with van der Waals surface area (Å²) >= 11 is 3.54. The molecule has 0 saturated carbocycles. The Morgan fingerprint density at radius 2 is 2.10 bits per heavy atom. The van der Waals surface area contributed by atoms with Crippen LogP contribution in [0.15, 0.2) is 16.6 Å². The number of fused-ring (bicyclic) bond motifs is 1. The number of benzene rings is 1. The topological polar surface area (TPSA) is 50.4 Å². The zero-order valence-corrected chi connectivity index (χ0v) is 14.6. The fraction of sp³-hybridized carbons (Fsp3) is 0.562. The van der Waals surface area contributed by atoms with E-state index in [0.717, 1.165) is 34.4 Å². The van der Waals surface area contributed by atoms with Gasteiger partial charge in [-0.25, -0.2) is 0 Å². The van der Waals surface area contributed by atoms with E-state index < -0.39 is 0 Å². The largest absolute Gasteiger partial charge is 0.492 e. The zero-order chi connectivity index (χ0) is 15.6. The second-order valence-electron chi connectivity index (χ2n) is 6.51. The van der Waals surface area contributed by atoms with Crippen LogP contribution in [0.1, 0.15) is 45.7 Å². The maximum absolute atomic E-state index is 12.0. The number of halogens is 1. The number of hydrogen-bond donors (Lipinski definition) is 2. The van der Waals surface area contributed by atoms with Gasteiger partial charge in [0.15, 0.2) is 0 Å². The number of rotatable bonds is 5. The van der Waals surface area contributed by atoms with Crippen LogP contribution < -0.4 is 15.4 Å². The first-order valence-electron chi connectivity index (χ1n) is 7.32. The molecule has 5 heteroatoms. The maximum atomic E-state index is 12.0. The first-order chi connectivity index (χ1) is 9.81. The molecule has 1 heterocycles. The van der Waals surface area contributed by atoms with Crippen molar-refractivity contribution in [2.45, 2.75) is 40.2 Å². The first kappa shape index (κ1) is 16.3. The molecule has 1 aromatic rings. The molecule has 0 aromatic heterocycles. The molecule has 116 valence electrons. The molecule has 1 aliphatic heterocycles. The lowest BCUT2D eigenvalue weighted by Gasteiger charge is -2.19. The number of anilines is 1. The Hall–Kier alpha value is -1.07.